The number of terminal acetylenes is 1. The van der Waals surface area contributed by atoms with Gasteiger partial charge in [0.05, 0.1) is 10.0 Å². The summed E-state index contributed by atoms with van der Waals surface area (Å²) in [6.07, 6.45) is 7.18. The van der Waals surface area contributed by atoms with Gasteiger partial charge in [-0.15, -0.1) is 6.42 Å². The van der Waals surface area contributed by atoms with Crippen molar-refractivity contribution >= 4 is 21.7 Å². The molecule has 3 heteroatoms. The molecule has 14 heavy (non-hydrogen) atoms. The molecule has 0 saturated carbocycles. The number of nitrogens with zero attached hydrogens (tertiary/aromatic N) is 1. The molecule has 0 unspecified atom stereocenters. The average molecular weight is 253 g/mol. The molecule has 0 radical (unpaired) electrons. The van der Waals surface area contributed by atoms with Crippen molar-refractivity contribution in [3.05, 3.63) is 22.3 Å². The lowest BCUT2D eigenvalue weighted by Crippen LogP contribution is -2.29. The third-order valence-corrected chi connectivity index (χ3v) is 2.37. The van der Waals surface area contributed by atoms with Crippen LogP contribution in [0.3, 0.4) is 0 Å². The molecule has 0 fully saturated rings. The number of anilines is 1. The van der Waals surface area contributed by atoms with Gasteiger partial charge in [-0.05, 0) is 48.3 Å². The Kier molecular flexibility index (Phi) is 3.17. The van der Waals surface area contributed by atoms with Gasteiger partial charge in [-0.1, -0.05) is 5.92 Å². The molecule has 1 rings (SSSR count). The molecule has 0 aliphatic heterocycles. The number of aromatic nitrogens is 1. The standard InChI is InChI=1S/C11H13BrN2/c1-5-11(3,4)14-10-9(12)6-8(2)7-13-10/h1,6-7H,2-4H3,(H,13,14). The average Bonchev–Trinajstić information content (AvgIpc) is 2.10. The second-order valence-electron chi connectivity index (χ2n) is 3.74. The first-order chi connectivity index (χ1) is 6.44. The molecule has 1 N–H and O–H groups in total. The minimum Gasteiger partial charge on any atom is -0.353 e. The van der Waals surface area contributed by atoms with Gasteiger partial charge in [-0.2, -0.15) is 0 Å². The quantitative estimate of drug-likeness (QED) is 0.819. The van der Waals surface area contributed by atoms with Gasteiger partial charge < -0.3 is 5.32 Å². The van der Waals surface area contributed by atoms with Crippen LogP contribution in [0, 0.1) is 19.3 Å². The van der Waals surface area contributed by atoms with Crippen molar-refractivity contribution in [3.8, 4) is 12.3 Å². The van der Waals surface area contributed by atoms with E-state index in [1.807, 2.05) is 26.8 Å². The molecule has 0 atom stereocenters. The molecule has 0 saturated heterocycles. The van der Waals surface area contributed by atoms with E-state index in [2.05, 4.69) is 32.2 Å². The predicted octanol–water partition coefficient (Wildman–Crippen LogP) is 2.98. The summed E-state index contributed by atoms with van der Waals surface area (Å²) < 4.78 is 0.931. The monoisotopic (exact) mass is 252 g/mol. The molecule has 0 bridgehead atoms. The number of pyridine rings is 1. The summed E-state index contributed by atoms with van der Waals surface area (Å²) in [7, 11) is 0. The fourth-order valence-corrected chi connectivity index (χ4v) is 1.52. The van der Waals surface area contributed by atoms with Crippen molar-refractivity contribution in [3.63, 3.8) is 0 Å². The van der Waals surface area contributed by atoms with Crippen molar-refractivity contribution in [1.82, 2.24) is 4.98 Å². The first-order valence-corrected chi connectivity index (χ1v) is 5.12. The SMILES string of the molecule is C#CC(C)(C)Nc1ncc(C)cc1Br. The Labute approximate surface area is 93.3 Å². The molecule has 0 aromatic carbocycles. The van der Waals surface area contributed by atoms with E-state index in [4.69, 9.17) is 6.42 Å². The van der Waals surface area contributed by atoms with E-state index < -0.39 is 0 Å². The van der Waals surface area contributed by atoms with E-state index in [1.54, 1.807) is 6.20 Å². The number of hydrogen-bond donors (Lipinski definition) is 1. The Morgan fingerprint density at radius 2 is 2.21 bits per heavy atom. The number of aryl methyl sites for hydroxylation is 1. The van der Waals surface area contributed by atoms with E-state index >= 15 is 0 Å². The highest BCUT2D eigenvalue weighted by Gasteiger charge is 2.15. The summed E-state index contributed by atoms with van der Waals surface area (Å²) in [5, 5.41) is 3.17. The molecule has 1 aromatic heterocycles. The molecule has 0 amide bonds. The van der Waals surface area contributed by atoms with Crippen LogP contribution in [-0.4, -0.2) is 10.5 Å². The van der Waals surface area contributed by atoms with Crippen molar-refractivity contribution in [1.29, 1.82) is 0 Å². The zero-order valence-corrected chi connectivity index (χ0v) is 10.1. The van der Waals surface area contributed by atoms with Crippen LogP contribution in [0.4, 0.5) is 5.82 Å². The van der Waals surface area contributed by atoms with Gasteiger partial charge in [0.15, 0.2) is 0 Å². The van der Waals surface area contributed by atoms with Crippen LogP contribution in [0.5, 0.6) is 0 Å². The molecule has 1 heterocycles. The number of halogens is 1. The Hall–Kier alpha value is -1.01. The van der Waals surface area contributed by atoms with Gasteiger partial charge in [0.2, 0.25) is 0 Å². The lowest BCUT2D eigenvalue weighted by molar-refractivity contribution is 0.735. The van der Waals surface area contributed by atoms with Gasteiger partial charge in [-0.3, -0.25) is 0 Å². The van der Waals surface area contributed by atoms with Crippen molar-refractivity contribution in [2.75, 3.05) is 5.32 Å². The molecule has 0 aliphatic carbocycles. The molecule has 0 aliphatic rings. The summed E-state index contributed by atoms with van der Waals surface area (Å²) in [6.45, 7) is 5.86. The fourth-order valence-electron chi connectivity index (χ4n) is 0.958. The fraction of sp³-hybridized carbons (Fsp3) is 0.364. The second kappa shape index (κ2) is 4.02. The van der Waals surface area contributed by atoms with Crippen LogP contribution < -0.4 is 5.32 Å². The van der Waals surface area contributed by atoms with Crippen LogP contribution >= 0.6 is 15.9 Å². The van der Waals surface area contributed by atoms with E-state index in [9.17, 15) is 0 Å². The van der Waals surface area contributed by atoms with Crippen molar-refractivity contribution < 1.29 is 0 Å². The van der Waals surface area contributed by atoms with E-state index in [0.717, 1.165) is 15.9 Å². The van der Waals surface area contributed by atoms with Gasteiger partial charge in [-0.25, -0.2) is 4.98 Å². The summed E-state index contributed by atoms with van der Waals surface area (Å²) in [5.74, 6) is 3.44. The lowest BCUT2D eigenvalue weighted by Gasteiger charge is -2.21. The summed E-state index contributed by atoms with van der Waals surface area (Å²) in [6, 6.07) is 2.00. The highest BCUT2D eigenvalue weighted by Crippen LogP contribution is 2.23. The van der Waals surface area contributed by atoms with Crippen LogP contribution in [-0.2, 0) is 0 Å². The Morgan fingerprint density at radius 1 is 1.57 bits per heavy atom. The normalized spacial score (nSPS) is 10.8. The van der Waals surface area contributed by atoms with E-state index in [1.165, 1.54) is 0 Å². The maximum atomic E-state index is 5.38. The molecule has 2 nitrogen and oxygen atoms in total. The molecular formula is C11H13BrN2. The van der Waals surface area contributed by atoms with Gasteiger partial charge in [0.25, 0.3) is 0 Å². The summed E-state index contributed by atoms with van der Waals surface area (Å²) >= 11 is 3.44. The van der Waals surface area contributed by atoms with Gasteiger partial charge in [0.1, 0.15) is 5.82 Å². The van der Waals surface area contributed by atoms with Gasteiger partial charge >= 0.3 is 0 Å². The third kappa shape index (κ3) is 2.74. The van der Waals surface area contributed by atoms with E-state index in [0.29, 0.717) is 0 Å². The maximum Gasteiger partial charge on any atom is 0.141 e. The Morgan fingerprint density at radius 3 is 2.71 bits per heavy atom. The zero-order valence-electron chi connectivity index (χ0n) is 8.56. The Balaban J connectivity index is 2.94. The molecule has 74 valence electrons. The maximum absolute atomic E-state index is 5.38. The molecular weight excluding hydrogens is 240 g/mol. The lowest BCUT2D eigenvalue weighted by atomic mass is 10.1. The minimum absolute atomic E-state index is 0.384. The van der Waals surface area contributed by atoms with Crippen molar-refractivity contribution in [2.24, 2.45) is 0 Å². The Bertz CT molecular complexity index is 377. The van der Waals surface area contributed by atoms with Crippen LogP contribution in [0.1, 0.15) is 19.4 Å². The third-order valence-electron chi connectivity index (χ3n) is 1.77. The molecule has 1 aromatic rings. The van der Waals surface area contributed by atoms with E-state index in [-0.39, 0.29) is 5.54 Å². The topological polar surface area (TPSA) is 24.9 Å². The first-order valence-electron chi connectivity index (χ1n) is 4.33. The zero-order chi connectivity index (χ0) is 10.8. The number of rotatable bonds is 2. The van der Waals surface area contributed by atoms with Crippen molar-refractivity contribution in [2.45, 2.75) is 26.3 Å². The van der Waals surface area contributed by atoms with Crippen LogP contribution in [0.15, 0.2) is 16.7 Å². The van der Waals surface area contributed by atoms with Crippen LogP contribution in [0.2, 0.25) is 0 Å². The highest BCUT2D eigenvalue weighted by molar-refractivity contribution is 9.10. The predicted molar refractivity (Wildman–Crippen MR) is 63.2 cm³/mol. The van der Waals surface area contributed by atoms with Crippen LogP contribution in [0.25, 0.3) is 0 Å². The minimum atomic E-state index is -0.384. The molecule has 0 spiro atoms. The number of hydrogen-bond acceptors (Lipinski definition) is 2. The summed E-state index contributed by atoms with van der Waals surface area (Å²) in [4.78, 5) is 4.26. The first kappa shape index (κ1) is 11.1. The second-order valence-corrected chi connectivity index (χ2v) is 4.59. The largest absolute Gasteiger partial charge is 0.353 e. The highest BCUT2D eigenvalue weighted by atomic mass is 79.9. The van der Waals surface area contributed by atoms with Gasteiger partial charge in [0, 0.05) is 6.20 Å². The smallest absolute Gasteiger partial charge is 0.141 e. The summed E-state index contributed by atoms with van der Waals surface area (Å²) in [5.41, 5.74) is 0.728. The number of nitrogens with one attached hydrogen (secondary N) is 1.